The molecule has 0 radical (unpaired) electrons. The normalized spacial score (nSPS) is 12.4. The van der Waals surface area contributed by atoms with Gasteiger partial charge < -0.3 is 49.4 Å². The summed E-state index contributed by atoms with van der Waals surface area (Å²) in [5.41, 5.74) is -2.53. The van der Waals surface area contributed by atoms with E-state index >= 15 is 0 Å². The number of carbonyl (C=O) groups is 6. The lowest BCUT2D eigenvalue weighted by atomic mass is 10.1. The standard InChI is InChI=1S/C37H61N5O11/c1-34(2,3)50-30(45)38-18-20-41(22-23-42(33(48)53-37(10,11)12)21-19-39-31(46)51-35(4,5)6)28(43)24-27(40-32(47)52-36(7,8)9)29(44)49-25-26-16-14-13-15-17-26/h13-17,27H,18-25H2,1-12H3,(H,38,45)(H,39,46)(H,40,47). The third-order valence-electron chi connectivity index (χ3n) is 6.32. The molecule has 1 rings (SSSR count). The molecular weight excluding hydrogens is 690 g/mol. The fraction of sp³-hybridized carbons (Fsp3) is 0.676. The number of carbonyl (C=O) groups excluding carboxylic acids is 6. The van der Waals surface area contributed by atoms with E-state index in [1.807, 2.05) is 6.07 Å². The van der Waals surface area contributed by atoms with Crippen LogP contribution in [0.5, 0.6) is 0 Å². The molecule has 300 valence electrons. The second kappa shape index (κ2) is 20.5. The third-order valence-corrected chi connectivity index (χ3v) is 6.32. The average molecular weight is 752 g/mol. The molecule has 16 heteroatoms. The molecule has 0 aromatic heterocycles. The maximum Gasteiger partial charge on any atom is 0.410 e. The minimum Gasteiger partial charge on any atom is -0.459 e. The molecule has 0 aliphatic carbocycles. The average Bonchev–Trinajstić information content (AvgIpc) is 2.96. The van der Waals surface area contributed by atoms with Crippen molar-refractivity contribution in [3.8, 4) is 0 Å². The van der Waals surface area contributed by atoms with E-state index in [2.05, 4.69) is 16.0 Å². The molecule has 0 saturated heterocycles. The van der Waals surface area contributed by atoms with Gasteiger partial charge in [-0.2, -0.15) is 0 Å². The van der Waals surface area contributed by atoms with Crippen molar-refractivity contribution in [3.63, 3.8) is 0 Å². The summed E-state index contributed by atoms with van der Waals surface area (Å²) in [5, 5.41) is 7.65. The number of hydrogen-bond acceptors (Lipinski definition) is 11. The van der Waals surface area contributed by atoms with Crippen molar-refractivity contribution in [2.24, 2.45) is 0 Å². The summed E-state index contributed by atoms with van der Waals surface area (Å²) in [4.78, 5) is 80.5. The van der Waals surface area contributed by atoms with Gasteiger partial charge in [-0.1, -0.05) is 30.3 Å². The van der Waals surface area contributed by atoms with Gasteiger partial charge in [0.15, 0.2) is 0 Å². The van der Waals surface area contributed by atoms with E-state index in [-0.39, 0.29) is 45.9 Å². The number of esters is 1. The Hall–Kier alpha value is -4.76. The summed E-state index contributed by atoms with van der Waals surface area (Å²) >= 11 is 0. The Bertz CT molecular complexity index is 1360. The summed E-state index contributed by atoms with van der Waals surface area (Å²) in [6, 6.07) is 7.44. The van der Waals surface area contributed by atoms with Crippen LogP contribution in [0.3, 0.4) is 0 Å². The zero-order valence-electron chi connectivity index (χ0n) is 33.5. The highest BCUT2D eigenvalue weighted by Crippen LogP contribution is 2.13. The lowest BCUT2D eigenvalue weighted by Crippen LogP contribution is -2.50. The van der Waals surface area contributed by atoms with E-state index in [4.69, 9.17) is 23.7 Å². The number of alkyl carbamates (subject to hydrolysis) is 3. The highest BCUT2D eigenvalue weighted by Gasteiger charge is 2.31. The number of amides is 5. The van der Waals surface area contributed by atoms with Crippen LogP contribution in [0.4, 0.5) is 19.2 Å². The van der Waals surface area contributed by atoms with Crippen LogP contribution in [0.25, 0.3) is 0 Å². The maximum absolute atomic E-state index is 13.9. The van der Waals surface area contributed by atoms with E-state index in [0.717, 1.165) is 0 Å². The molecule has 1 aromatic carbocycles. The minimum atomic E-state index is -1.44. The lowest BCUT2D eigenvalue weighted by molar-refractivity contribution is -0.150. The van der Waals surface area contributed by atoms with Crippen molar-refractivity contribution < 1.29 is 52.5 Å². The highest BCUT2D eigenvalue weighted by molar-refractivity contribution is 5.88. The molecular formula is C37H61N5O11. The van der Waals surface area contributed by atoms with Crippen molar-refractivity contribution in [2.75, 3.05) is 39.3 Å². The molecule has 0 heterocycles. The van der Waals surface area contributed by atoms with Gasteiger partial charge in [-0.3, -0.25) is 4.79 Å². The SMILES string of the molecule is CC(C)(C)OC(=O)NCCN(CCN(CCNC(=O)OC(C)(C)C)C(=O)OC(C)(C)C)C(=O)CC(NC(=O)OC(C)(C)C)C(=O)OCc1ccccc1. The van der Waals surface area contributed by atoms with Gasteiger partial charge in [-0.15, -0.1) is 0 Å². The van der Waals surface area contributed by atoms with Crippen LogP contribution in [0.2, 0.25) is 0 Å². The Morgan fingerprint density at radius 3 is 1.49 bits per heavy atom. The summed E-state index contributed by atoms with van der Waals surface area (Å²) in [5.74, 6) is -1.48. The molecule has 0 fully saturated rings. The number of rotatable bonds is 15. The monoisotopic (exact) mass is 751 g/mol. The van der Waals surface area contributed by atoms with Gasteiger partial charge in [-0.05, 0) is 88.6 Å². The highest BCUT2D eigenvalue weighted by atomic mass is 16.6. The molecule has 5 amide bonds. The van der Waals surface area contributed by atoms with Crippen LogP contribution >= 0.6 is 0 Å². The smallest absolute Gasteiger partial charge is 0.410 e. The minimum absolute atomic E-state index is 0.000974. The second-order valence-corrected chi connectivity index (χ2v) is 16.2. The van der Waals surface area contributed by atoms with Crippen molar-refractivity contribution >= 4 is 36.2 Å². The molecule has 0 spiro atoms. The first-order valence-corrected chi connectivity index (χ1v) is 17.6. The van der Waals surface area contributed by atoms with Gasteiger partial charge in [-0.25, -0.2) is 24.0 Å². The van der Waals surface area contributed by atoms with Crippen LogP contribution in [-0.4, -0.2) is 114 Å². The van der Waals surface area contributed by atoms with Gasteiger partial charge in [0.05, 0.1) is 6.42 Å². The maximum atomic E-state index is 13.9. The van der Waals surface area contributed by atoms with Crippen LogP contribution in [-0.2, 0) is 39.9 Å². The summed E-state index contributed by atoms with van der Waals surface area (Å²) in [6.45, 7) is 20.0. The van der Waals surface area contributed by atoms with E-state index < -0.39 is 71.1 Å². The Labute approximate surface area is 313 Å². The molecule has 1 atom stereocenters. The largest absolute Gasteiger partial charge is 0.459 e. The van der Waals surface area contributed by atoms with Crippen molar-refractivity contribution in [2.45, 2.75) is 125 Å². The molecule has 0 aliphatic rings. The Morgan fingerprint density at radius 2 is 1.02 bits per heavy atom. The number of ether oxygens (including phenoxy) is 5. The van der Waals surface area contributed by atoms with Crippen molar-refractivity contribution in [1.82, 2.24) is 25.8 Å². The number of nitrogens with one attached hydrogen (secondary N) is 3. The van der Waals surface area contributed by atoms with E-state index in [1.54, 1.807) is 107 Å². The molecule has 16 nitrogen and oxygen atoms in total. The zero-order valence-corrected chi connectivity index (χ0v) is 33.5. The fourth-order valence-electron chi connectivity index (χ4n) is 4.21. The van der Waals surface area contributed by atoms with Crippen molar-refractivity contribution in [1.29, 1.82) is 0 Å². The van der Waals surface area contributed by atoms with Gasteiger partial charge in [0.25, 0.3) is 0 Å². The van der Waals surface area contributed by atoms with E-state index in [1.165, 1.54) is 9.80 Å². The molecule has 0 bridgehead atoms. The molecule has 53 heavy (non-hydrogen) atoms. The molecule has 1 aromatic rings. The first-order chi connectivity index (χ1) is 24.2. The molecule has 0 saturated carbocycles. The first kappa shape index (κ1) is 46.3. The topological polar surface area (TPSA) is 191 Å². The first-order valence-electron chi connectivity index (χ1n) is 17.6. The lowest BCUT2D eigenvalue weighted by Gasteiger charge is -2.31. The summed E-state index contributed by atoms with van der Waals surface area (Å²) in [6.07, 6.45) is -3.54. The predicted molar refractivity (Wildman–Crippen MR) is 197 cm³/mol. The second-order valence-electron chi connectivity index (χ2n) is 16.2. The van der Waals surface area contributed by atoms with Gasteiger partial charge in [0.1, 0.15) is 35.1 Å². The van der Waals surface area contributed by atoms with Crippen LogP contribution in [0.1, 0.15) is 95.1 Å². The van der Waals surface area contributed by atoms with E-state index in [9.17, 15) is 28.8 Å². The van der Waals surface area contributed by atoms with Gasteiger partial charge in [0, 0.05) is 39.3 Å². The summed E-state index contributed by atoms with van der Waals surface area (Å²) < 4.78 is 27.0. The van der Waals surface area contributed by atoms with Crippen LogP contribution in [0, 0.1) is 0 Å². The molecule has 3 N–H and O–H groups in total. The van der Waals surface area contributed by atoms with Crippen molar-refractivity contribution in [3.05, 3.63) is 35.9 Å². The van der Waals surface area contributed by atoms with Crippen LogP contribution < -0.4 is 16.0 Å². The Balaban J connectivity index is 3.28. The van der Waals surface area contributed by atoms with Crippen LogP contribution in [0.15, 0.2) is 30.3 Å². The Morgan fingerprint density at radius 1 is 0.585 bits per heavy atom. The number of hydrogen-bond donors (Lipinski definition) is 3. The third kappa shape index (κ3) is 22.7. The molecule has 1 unspecified atom stereocenters. The summed E-state index contributed by atoms with van der Waals surface area (Å²) in [7, 11) is 0. The number of benzene rings is 1. The molecule has 0 aliphatic heterocycles. The van der Waals surface area contributed by atoms with Gasteiger partial charge in [0.2, 0.25) is 5.91 Å². The number of nitrogens with zero attached hydrogens (tertiary/aromatic N) is 2. The van der Waals surface area contributed by atoms with E-state index in [0.29, 0.717) is 5.56 Å². The zero-order chi connectivity index (χ0) is 40.6. The quantitative estimate of drug-likeness (QED) is 0.159. The Kier molecular flexibility index (Phi) is 17.9. The van der Waals surface area contributed by atoms with Gasteiger partial charge >= 0.3 is 30.3 Å². The fourth-order valence-corrected chi connectivity index (χ4v) is 4.21. The predicted octanol–water partition coefficient (Wildman–Crippen LogP) is 5.13.